The molecule has 72 valence electrons. The summed E-state index contributed by atoms with van der Waals surface area (Å²) in [4.78, 5) is 0. The van der Waals surface area contributed by atoms with Gasteiger partial charge in [0.2, 0.25) is 0 Å². The van der Waals surface area contributed by atoms with Crippen molar-refractivity contribution in [2.45, 2.75) is 13.0 Å². The lowest BCUT2D eigenvalue weighted by Crippen LogP contribution is -2.15. The molecule has 0 radical (unpaired) electrons. The molecule has 0 aliphatic heterocycles. The molecule has 3 N–H and O–H groups in total. The summed E-state index contributed by atoms with van der Waals surface area (Å²) in [6, 6.07) is 2.67. The Bertz CT molecular complexity index is 293. The molecule has 0 amide bonds. The van der Waals surface area contributed by atoms with Gasteiger partial charge in [0.1, 0.15) is 5.82 Å². The van der Waals surface area contributed by atoms with Gasteiger partial charge in [0.25, 0.3) is 0 Å². The maximum atomic E-state index is 13.2. The summed E-state index contributed by atoms with van der Waals surface area (Å²) in [5, 5.41) is 8.79. The second-order valence-corrected chi connectivity index (χ2v) is 4.06. The minimum atomic E-state index is -0.497. The fraction of sp³-hybridized carbons (Fsp3) is 0.333. The van der Waals surface area contributed by atoms with Gasteiger partial charge >= 0.3 is 0 Å². The third kappa shape index (κ3) is 2.38. The van der Waals surface area contributed by atoms with Gasteiger partial charge in [0.05, 0.1) is 12.6 Å². The highest BCUT2D eigenvalue weighted by atomic mass is 127. The lowest BCUT2D eigenvalue weighted by molar-refractivity contribution is 0.267. The summed E-state index contributed by atoms with van der Waals surface area (Å²) >= 11 is 2.05. The van der Waals surface area contributed by atoms with Crippen molar-refractivity contribution in [3.8, 4) is 0 Å². The van der Waals surface area contributed by atoms with E-state index in [-0.39, 0.29) is 12.4 Å². The van der Waals surface area contributed by atoms with Crippen molar-refractivity contribution in [1.29, 1.82) is 0 Å². The zero-order chi connectivity index (χ0) is 10.0. The van der Waals surface area contributed by atoms with E-state index in [2.05, 4.69) is 0 Å². The van der Waals surface area contributed by atoms with Crippen molar-refractivity contribution in [2.75, 3.05) is 6.61 Å². The van der Waals surface area contributed by atoms with Crippen molar-refractivity contribution in [3.63, 3.8) is 0 Å². The molecule has 2 nitrogen and oxygen atoms in total. The van der Waals surface area contributed by atoms with Gasteiger partial charge in [-0.3, -0.25) is 0 Å². The van der Waals surface area contributed by atoms with E-state index in [1.54, 1.807) is 13.0 Å². The Morgan fingerprint density at radius 3 is 2.69 bits per heavy atom. The van der Waals surface area contributed by atoms with Crippen molar-refractivity contribution < 1.29 is 9.50 Å². The average molecular weight is 295 g/mol. The van der Waals surface area contributed by atoms with Crippen molar-refractivity contribution in [1.82, 2.24) is 0 Å². The van der Waals surface area contributed by atoms with Crippen LogP contribution in [0.25, 0.3) is 0 Å². The van der Waals surface area contributed by atoms with Crippen LogP contribution in [0.15, 0.2) is 12.1 Å². The lowest BCUT2D eigenvalue weighted by Gasteiger charge is -2.10. The number of aliphatic hydroxyl groups excluding tert-OH is 1. The van der Waals surface area contributed by atoms with Crippen LogP contribution in [-0.2, 0) is 0 Å². The largest absolute Gasteiger partial charge is 0.394 e. The van der Waals surface area contributed by atoms with Crippen molar-refractivity contribution in [3.05, 3.63) is 32.6 Å². The minimum absolute atomic E-state index is 0.168. The zero-order valence-corrected chi connectivity index (χ0v) is 9.38. The van der Waals surface area contributed by atoms with E-state index >= 15 is 0 Å². The predicted octanol–water partition coefficient (Wildman–Crippen LogP) is 1.73. The molecule has 1 rings (SSSR count). The predicted molar refractivity (Wildman–Crippen MR) is 57.9 cm³/mol. The van der Waals surface area contributed by atoms with Crippen molar-refractivity contribution >= 4 is 22.6 Å². The Kier molecular flexibility index (Phi) is 3.63. The summed E-state index contributed by atoms with van der Waals surface area (Å²) in [5.41, 5.74) is 6.82. The molecule has 1 aromatic carbocycles. The third-order valence-electron chi connectivity index (χ3n) is 1.93. The lowest BCUT2D eigenvalue weighted by atomic mass is 10.1. The van der Waals surface area contributed by atoms with Crippen LogP contribution in [0.1, 0.15) is 17.2 Å². The summed E-state index contributed by atoms with van der Waals surface area (Å²) in [6.07, 6.45) is 0. The summed E-state index contributed by atoms with van der Waals surface area (Å²) in [5.74, 6) is -0.272. The van der Waals surface area contributed by atoms with Gasteiger partial charge in [0.15, 0.2) is 0 Å². The maximum Gasteiger partial charge on any atom is 0.127 e. The molecule has 1 atom stereocenters. The van der Waals surface area contributed by atoms with E-state index in [1.807, 2.05) is 22.6 Å². The molecule has 0 aliphatic rings. The molecule has 0 fully saturated rings. The van der Waals surface area contributed by atoms with E-state index < -0.39 is 6.04 Å². The van der Waals surface area contributed by atoms with E-state index in [1.165, 1.54) is 6.07 Å². The fourth-order valence-electron chi connectivity index (χ4n) is 0.984. The SMILES string of the molecule is Cc1c(F)cc([C@H](N)CO)cc1I. The quantitative estimate of drug-likeness (QED) is 0.816. The fourth-order valence-corrected chi connectivity index (χ4v) is 1.60. The highest BCUT2D eigenvalue weighted by Gasteiger charge is 2.09. The van der Waals surface area contributed by atoms with Crippen LogP contribution in [0.3, 0.4) is 0 Å². The van der Waals surface area contributed by atoms with Crippen LogP contribution >= 0.6 is 22.6 Å². The molecule has 0 bridgehead atoms. The molecule has 0 saturated heterocycles. The van der Waals surface area contributed by atoms with E-state index in [0.29, 0.717) is 11.1 Å². The maximum absolute atomic E-state index is 13.2. The summed E-state index contributed by atoms with van der Waals surface area (Å²) < 4.78 is 14.0. The highest BCUT2D eigenvalue weighted by Crippen LogP contribution is 2.20. The third-order valence-corrected chi connectivity index (χ3v) is 3.05. The summed E-state index contributed by atoms with van der Waals surface area (Å²) in [7, 11) is 0. The van der Waals surface area contributed by atoms with Gasteiger partial charge in [-0.05, 0) is 52.8 Å². The van der Waals surface area contributed by atoms with Gasteiger partial charge in [-0.1, -0.05) is 0 Å². The first-order valence-electron chi connectivity index (χ1n) is 3.88. The molecular weight excluding hydrogens is 284 g/mol. The Balaban J connectivity index is 3.13. The molecule has 0 saturated carbocycles. The first kappa shape index (κ1) is 10.9. The second-order valence-electron chi connectivity index (χ2n) is 2.90. The minimum Gasteiger partial charge on any atom is -0.394 e. The number of rotatable bonds is 2. The Morgan fingerprint density at radius 2 is 2.23 bits per heavy atom. The molecule has 0 aliphatic carbocycles. The second kappa shape index (κ2) is 4.34. The molecule has 0 aromatic heterocycles. The first-order chi connectivity index (χ1) is 6.06. The van der Waals surface area contributed by atoms with E-state index in [9.17, 15) is 4.39 Å². The molecule has 0 spiro atoms. The van der Waals surface area contributed by atoms with E-state index in [4.69, 9.17) is 10.8 Å². The smallest absolute Gasteiger partial charge is 0.127 e. The number of nitrogens with two attached hydrogens (primary N) is 1. The molecule has 0 unspecified atom stereocenters. The molecular formula is C9H11FINO. The van der Waals surface area contributed by atoms with Gasteiger partial charge in [-0.15, -0.1) is 0 Å². The van der Waals surface area contributed by atoms with Crippen LogP contribution < -0.4 is 5.73 Å². The standard InChI is InChI=1S/C9H11FINO/c1-5-7(10)2-6(3-8(5)11)9(12)4-13/h2-3,9,13H,4,12H2,1H3/t9-/m1/s1. The normalized spacial score (nSPS) is 13.0. The van der Waals surface area contributed by atoms with Crippen LogP contribution in [0.5, 0.6) is 0 Å². The number of hydrogen-bond donors (Lipinski definition) is 2. The van der Waals surface area contributed by atoms with E-state index in [0.717, 1.165) is 3.57 Å². The average Bonchev–Trinajstić information content (AvgIpc) is 2.12. The molecule has 1 aromatic rings. The first-order valence-corrected chi connectivity index (χ1v) is 4.96. The Hall–Kier alpha value is -0.200. The van der Waals surface area contributed by atoms with Gasteiger partial charge in [-0.25, -0.2) is 4.39 Å². The number of aliphatic hydroxyl groups is 1. The number of halogens is 2. The number of hydrogen-bond acceptors (Lipinski definition) is 2. The molecule has 13 heavy (non-hydrogen) atoms. The Labute approximate surface area is 90.1 Å². The van der Waals surface area contributed by atoms with Crippen LogP contribution in [0, 0.1) is 16.3 Å². The monoisotopic (exact) mass is 295 g/mol. The van der Waals surface area contributed by atoms with Gasteiger partial charge in [0, 0.05) is 3.57 Å². The van der Waals surface area contributed by atoms with Gasteiger partial charge < -0.3 is 10.8 Å². The van der Waals surface area contributed by atoms with Crippen LogP contribution in [0.4, 0.5) is 4.39 Å². The van der Waals surface area contributed by atoms with Crippen molar-refractivity contribution in [2.24, 2.45) is 5.73 Å². The topological polar surface area (TPSA) is 46.2 Å². The highest BCUT2D eigenvalue weighted by molar-refractivity contribution is 14.1. The summed E-state index contributed by atoms with van der Waals surface area (Å²) in [6.45, 7) is 1.55. The Morgan fingerprint density at radius 1 is 1.62 bits per heavy atom. The number of benzene rings is 1. The zero-order valence-electron chi connectivity index (χ0n) is 7.22. The van der Waals surface area contributed by atoms with Gasteiger partial charge in [-0.2, -0.15) is 0 Å². The van der Waals surface area contributed by atoms with Crippen LogP contribution in [0.2, 0.25) is 0 Å². The molecule has 0 heterocycles. The molecule has 4 heteroatoms. The van der Waals surface area contributed by atoms with Crippen LogP contribution in [-0.4, -0.2) is 11.7 Å².